The van der Waals surface area contributed by atoms with Crippen molar-refractivity contribution in [1.29, 1.82) is 0 Å². The lowest BCUT2D eigenvalue weighted by atomic mass is 10.0. The first-order chi connectivity index (χ1) is 14.4. The van der Waals surface area contributed by atoms with Crippen molar-refractivity contribution in [3.05, 3.63) is 47.5 Å². The molecule has 0 radical (unpaired) electrons. The van der Waals surface area contributed by atoms with Gasteiger partial charge >= 0.3 is 0 Å². The molecule has 1 heterocycles. The second kappa shape index (κ2) is 9.49. The molecule has 8 heteroatoms. The normalized spacial score (nSPS) is 13.7. The number of ether oxygens (including phenoxy) is 2. The van der Waals surface area contributed by atoms with E-state index in [1.165, 1.54) is 19.2 Å². The number of benzene rings is 2. The first kappa shape index (κ1) is 22.1. The Morgan fingerprint density at radius 2 is 1.67 bits per heavy atom. The van der Waals surface area contributed by atoms with Crippen LogP contribution < -0.4 is 14.8 Å². The Kier molecular flexibility index (Phi) is 6.99. The van der Waals surface area contributed by atoms with E-state index < -0.39 is 10.0 Å². The maximum absolute atomic E-state index is 13.0. The summed E-state index contributed by atoms with van der Waals surface area (Å²) in [6.45, 7) is 4.73. The maximum Gasteiger partial charge on any atom is 0.243 e. The molecular formula is C22H28N2O5S. The molecule has 1 aliphatic heterocycles. The van der Waals surface area contributed by atoms with E-state index in [1.54, 1.807) is 6.07 Å². The lowest BCUT2D eigenvalue weighted by Crippen LogP contribution is -2.35. The van der Waals surface area contributed by atoms with Crippen LogP contribution in [-0.4, -0.2) is 45.4 Å². The number of hydrogen-bond acceptors (Lipinski definition) is 5. The monoisotopic (exact) mass is 432 g/mol. The number of aryl methyl sites for hydroxylation is 2. The number of para-hydroxylation sites is 1. The van der Waals surface area contributed by atoms with Gasteiger partial charge in [0.1, 0.15) is 0 Å². The van der Waals surface area contributed by atoms with Gasteiger partial charge in [0, 0.05) is 25.2 Å². The van der Waals surface area contributed by atoms with Gasteiger partial charge in [-0.05, 0) is 36.1 Å². The minimum atomic E-state index is -3.87. The molecule has 0 atom stereocenters. The van der Waals surface area contributed by atoms with E-state index in [9.17, 15) is 13.2 Å². The summed E-state index contributed by atoms with van der Waals surface area (Å²) in [4.78, 5) is 12.7. The number of likely N-dealkylation sites (N-methyl/N-ethyl adjacent to an activating group) is 1. The fourth-order valence-corrected chi connectivity index (χ4v) is 4.50. The Morgan fingerprint density at radius 3 is 2.30 bits per heavy atom. The molecule has 0 fully saturated rings. The van der Waals surface area contributed by atoms with Gasteiger partial charge in [-0.15, -0.1) is 0 Å². The average Bonchev–Trinajstić information content (AvgIpc) is 2.98. The van der Waals surface area contributed by atoms with Gasteiger partial charge in [-0.3, -0.25) is 4.79 Å². The van der Waals surface area contributed by atoms with Crippen molar-refractivity contribution < 1.29 is 22.7 Å². The predicted octanol–water partition coefficient (Wildman–Crippen LogP) is 3.23. The smallest absolute Gasteiger partial charge is 0.243 e. The number of nitrogens with zero attached hydrogens (tertiary/aromatic N) is 1. The summed E-state index contributed by atoms with van der Waals surface area (Å²) in [5.74, 6) is 0.539. The number of amides is 1. The summed E-state index contributed by atoms with van der Waals surface area (Å²) >= 11 is 0. The van der Waals surface area contributed by atoms with Gasteiger partial charge in [-0.25, -0.2) is 8.42 Å². The first-order valence-electron chi connectivity index (χ1n) is 10.1. The Labute approximate surface area is 178 Å². The molecule has 2 aromatic carbocycles. The van der Waals surface area contributed by atoms with Crippen LogP contribution in [0, 0.1) is 0 Å². The topological polar surface area (TPSA) is 84.9 Å². The van der Waals surface area contributed by atoms with E-state index in [0.717, 1.165) is 40.4 Å². The number of hydrogen-bond donors (Lipinski definition) is 1. The highest BCUT2D eigenvalue weighted by molar-refractivity contribution is 7.89. The predicted molar refractivity (Wildman–Crippen MR) is 116 cm³/mol. The molecule has 0 spiro atoms. The molecule has 0 saturated carbocycles. The molecule has 0 aliphatic carbocycles. The quantitative estimate of drug-likeness (QED) is 0.726. The standard InChI is InChI=1S/C22H28N2O5S/c1-4-16-8-6-9-17(5-2)22(16)23-21(25)15-24(3)30(26,27)18-10-11-19-20(14-18)29-13-7-12-28-19/h6,8-11,14H,4-5,7,12-13,15H2,1-3H3,(H,23,25). The molecule has 162 valence electrons. The number of fused-ring (bicyclic) bond motifs is 1. The van der Waals surface area contributed by atoms with Crippen LogP contribution in [-0.2, 0) is 27.7 Å². The number of carbonyl (C=O) groups is 1. The highest BCUT2D eigenvalue weighted by Crippen LogP contribution is 2.32. The van der Waals surface area contributed by atoms with Crippen molar-refractivity contribution in [2.75, 3.05) is 32.1 Å². The molecule has 0 unspecified atom stereocenters. The summed E-state index contributed by atoms with van der Waals surface area (Å²) in [5, 5.41) is 2.90. The Bertz CT molecular complexity index is 998. The number of anilines is 1. The van der Waals surface area contributed by atoms with Crippen molar-refractivity contribution in [3.63, 3.8) is 0 Å². The fraction of sp³-hybridized carbons (Fsp3) is 0.409. The molecule has 1 amide bonds. The minimum Gasteiger partial charge on any atom is -0.490 e. The van der Waals surface area contributed by atoms with Crippen LogP contribution in [0.2, 0.25) is 0 Å². The van der Waals surface area contributed by atoms with Crippen molar-refractivity contribution >= 4 is 21.6 Å². The third-order valence-electron chi connectivity index (χ3n) is 5.06. The number of nitrogens with one attached hydrogen (secondary N) is 1. The zero-order valence-corrected chi connectivity index (χ0v) is 18.4. The van der Waals surface area contributed by atoms with Gasteiger partial charge < -0.3 is 14.8 Å². The Hall–Kier alpha value is -2.58. The molecule has 0 saturated heterocycles. The number of rotatable bonds is 7. The lowest BCUT2D eigenvalue weighted by molar-refractivity contribution is -0.116. The highest BCUT2D eigenvalue weighted by atomic mass is 32.2. The van der Waals surface area contributed by atoms with Gasteiger partial charge in [-0.2, -0.15) is 4.31 Å². The van der Waals surface area contributed by atoms with Gasteiger partial charge in [-0.1, -0.05) is 32.0 Å². The average molecular weight is 433 g/mol. The van der Waals surface area contributed by atoms with Gasteiger partial charge in [0.05, 0.1) is 24.7 Å². The Balaban J connectivity index is 1.76. The largest absolute Gasteiger partial charge is 0.490 e. The molecule has 0 aromatic heterocycles. The van der Waals surface area contributed by atoms with Crippen LogP contribution in [0.1, 0.15) is 31.4 Å². The van der Waals surface area contributed by atoms with Gasteiger partial charge in [0.15, 0.2) is 11.5 Å². The van der Waals surface area contributed by atoms with E-state index in [4.69, 9.17) is 9.47 Å². The second-order valence-electron chi connectivity index (χ2n) is 7.13. The number of sulfonamides is 1. The van der Waals surface area contributed by atoms with Gasteiger partial charge in [0.2, 0.25) is 15.9 Å². The van der Waals surface area contributed by atoms with Crippen LogP contribution in [0.15, 0.2) is 41.3 Å². The lowest BCUT2D eigenvalue weighted by Gasteiger charge is -2.19. The van der Waals surface area contributed by atoms with Crippen LogP contribution in [0.5, 0.6) is 11.5 Å². The minimum absolute atomic E-state index is 0.0604. The van der Waals surface area contributed by atoms with E-state index in [2.05, 4.69) is 5.32 Å². The molecule has 3 rings (SSSR count). The molecule has 30 heavy (non-hydrogen) atoms. The Morgan fingerprint density at radius 1 is 1.03 bits per heavy atom. The summed E-state index contributed by atoms with van der Waals surface area (Å²) in [5.41, 5.74) is 2.82. The zero-order chi connectivity index (χ0) is 21.7. The molecule has 1 N–H and O–H groups in total. The van der Waals surface area contributed by atoms with Crippen molar-refractivity contribution in [3.8, 4) is 11.5 Å². The summed E-state index contributed by atoms with van der Waals surface area (Å²) < 4.78 is 38.2. The van der Waals surface area contributed by atoms with Crippen molar-refractivity contribution in [2.24, 2.45) is 0 Å². The third kappa shape index (κ3) is 4.76. The zero-order valence-electron chi connectivity index (χ0n) is 17.6. The van der Waals surface area contributed by atoms with E-state index in [1.807, 2.05) is 32.0 Å². The summed E-state index contributed by atoms with van der Waals surface area (Å²) in [6, 6.07) is 10.4. The molecular weight excluding hydrogens is 404 g/mol. The third-order valence-corrected chi connectivity index (χ3v) is 6.86. The summed E-state index contributed by atoms with van der Waals surface area (Å²) in [6.07, 6.45) is 2.28. The maximum atomic E-state index is 13.0. The van der Waals surface area contributed by atoms with Crippen LogP contribution >= 0.6 is 0 Å². The van der Waals surface area contributed by atoms with Crippen LogP contribution in [0.3, 0.4) is 0 Å². The first-order valence-corrected chi connectivity index (χ1v) is 11.6. The van der Waals surface area contributed by atoms with Gasteiger partial charge in [0.25, 0.3) is 0 Å². The molecule has 0 bridgehead atoms. The second-order valence-corrected chi connectivity index (χ2v) is 9.17. The molecule has 7 nitrogen and oxygen atoms in total. The van der Waals surface area contributed by atoms with E-state index >= 15 is 0 Å². The van der Waals surface area contributed by atoms with E-state index in [0.29, 0.717) is 24.7 Å². The van der Waals surface area contributed by atoms with Crippen molar-refractivity contribution in [1.82, 2.24) is 4.31 Å². The number of carbonyl (C=O) groups excluding carboxylic acids is 1. The SMILES string of the molecule is CCc1cccc(CC)c1NC(=O)CN(C)S(=O)(=O)c1ccc2c(c1)OCCCO2. The van der Waals surface area contributed by atoms with Crippen LogP contribution in [0.25, 0.3) is 0 Å². The summed E-state index contributed by atoms with van der Waals surface area (Å²) in [7, 11) is -2.47. The van der Waals surface area contributed by atoms with E-state index in [-0.39, 0.29) is 17.3 Å². The van der Waals surface area contributed by atoms with Crippen molar-refractivity contribution in [2.45, 2.75) is 38.0 Å². The molecule has 1 aliphatic rings. The molecule has 2 aromatic rings. The fourth-order valence-electron chi connectivity index (χ4n) is 3.35. The van der Waals surface area contributed by atoms with Crippen LogP contribution in [0.4, 0.5) is 5.69 Å². The highest BCUT2D eigenvalue weighted by Gasteiger charge is 2.25.